The third-order valence-corrected chi connectivity index (χ3v) is 5.27. The molecule has 3 N–H and O–H groups in total. The van der Waals surface area contributed by atoms with Crippen molar-refractivity contribution in [2.45, 2.75) is 12.8 Å². The molecule has 2 aromatic carbocycles. The molecule has 0 aromatic heterocycles. The number of hydrogen-bond acceptors (Lipinski definition) is 5. The van der Waals surface area contributed by atoms with Crippen molar-refractivity contribution in [1.29, 1.82) is 0 Å². The van der Waals surface area contributed by atoms with Crippen LogP contribution in [-0.2, 0) is 16.4 Å². The third kappa shape index (κ3) is 6.35. The highest BCUT2D eigenvalue weighted by Crippen LogP contribution is 2.27. The van der Waals surface area contributed by atoms with Crippen LogP contribution in [0.4, 0.5) is 11.4 Å². The molecular weight excluding hydrogens is 414 g/mol. The highest BCUT2D eigenvalue weighted by molar-refractivity contribution is 7.92. The van der Waals surface area contributed by atoms with Crippen LogP contribution in [0.1, 0.15) is 22.3 Å². The van der Waals surface area contributed by atoms with Gasteiger partial charge in [0.05, 0.1) is 24.7 Å². The Morgan fingerprint density at radius 2 is 1.93 bits per heavy atom. The first-order valence-electron chi connectivity index (χ1n) is 9.11. The van der Waals surface area contributed by atoms with Crippen LogP contribution in [0.5, 0.6) is 5.75 Å². The Balaban J connectivity index is 0.00000300. The van der Waals surface area contributed by atoms with Crippen LogP contribution >= 0.6 is 12.4 Å². The van der Waals surface area contributed by atoms with E-state index in [-0.39, 0.29) is 18.3 Å². The summed E-state index contributed by atoms with van der Waals surface area (Å²) in [6, 6.07) is 12.0. The van der Waals surface area contributed by atoms with Crippen molar-refractivity contribution in [3.63, 3.8) is 0 Å². The summed E-state index contributed by atoms with van der Waals surface area (Å²) in [5.74, 6) is 0.977. The number of sulfonamides is 1. The topological polar surface area (TPSA) is 96.5 Å². The third-order valence-electron chi connectivity index (χ3n) is 4.68. The second-order valence-corrected chi connectivity index (χ2v) is 8.71. The zero-order valence-electron chi connectivity index (χ0n) is 16.4. The van der Waals surface area contributed by atoms with E-state index in [1.807, 2.05) is 6.07 Å². The Kier molecular flexibility index (Phi) is 7.89. The number of hydrogen-bond donors (Lipinski definition) is 3. The summed E-state index contributed by atoms with van der Waals surface area (Å²) in [5, 5.41) is 6.14. The molecule has 1 fully saturated rings. The van der Waals surface area contributed by atoms with Crippen molar-refractivity contribution in [2.24, 2.45) is 5.92 Å². The zero-order valence-corrected chi connectivity index (χ0v) is 18.0. The summed E-state index contributed by atoms with van der Waals surface area (Å²) < 4.78 is 31.0. The van der Waals surface area contributed by atoms with Gasteiger partial charge in [0.15, 0.2) is 0 Å². The Labute approximate surface area is 177 Å². The minimum Gasteiger partial charge on any atom is -0.496 e. The number of methoxy groups -OCH3 is 1. The summed E-state index contributed by atoms with van der Waals surface area (Å²) in [6.07, 6.45) is 3.01. The van der Waals surface area contributed by atoms with E-state index < -0.39 is 10.0 Å². The van der Waals surface area contributed by atoms with E-state index in [0.29, 0.717) is 22.9 Å². The van der Waals surface area contributed by atoms with E-state index >= 15 is 0 Å². The van der Waals surface area contributed by atoms with Gasteiger partial charge in [-0.3, -0.25) is 9.52 Å². The lowest BCUT2D eigenvalue weighted by Gasteiger charge is -2.15. The SMILES string of the molecule is COc1ccc(C(=O)Nc2ccccc2NS(C)(=O)=O)cc1CC1CCNC1.Cl. The maximum Gasteiger partial charge on any atom is 0.255 e. The van der Waals surface area contributed by atoms with Crippen LogP contribution in [0, 0.1) is 5.92 Å². The fourth-order valence-electron chi connectivity index (χ4n) is 3.35. The molecule has 158 valence electrons. The summed E-state index contributed by atoms with van der Waals surface area (Å²) >= 11 is 0. The standard InChI is InChI=1S/C20H25N3O4S.ClH/c1-27-19-8-7-15(12-16(19)11-14-9-10-21-13-14)20(24)22-17-5-3-4-6-18(17)23-28(2,25)26;/h3-8,12,14,21,23H,9-11,13H2,1-2H3,(H,22,24);1H. The van der Waals surface area contributed by atoms with Crippen molar-refractivity contribution < 1.29 is 17.9 Å². The van der Waals surface area contributed by atoms with Gasteiger partial charge in [-0.25, -0.2) is 8.42 Å². The van der Waals surface area contributed by atoms with Gasteiger partial charge >= 0.3 is 0 Å². The first kappa shape index (κ1) is 23.0. The number of carbonyl (C=O) groups excluding carboxylic acids is 1. The van der Waals surface area contributed by atoms with Crippen LogP contribution in [0.25, 0.3) is 0 Å². The van der Waals surface area contributed by atoms with Crippen molar-refractivity contribution in [3.05, 3.63) is 53.6 Å². The Hall–Kier alpha value is -2.29. The quantitative estimate of drug-likeness (QED) is 0.616. The van der Waals surface area contributed by atoms with Gasteiger partial charge in [-0.15, -0.1) is 12.4 Å². The summed E-state index contributed by atoms with van der Waals surface area (Å²) in [4.78, 5) is 12.8. The molecule has 0 bridgehead atoms. The van der Waals surface area contributed by atoms with Crippen LogP contribution in [0.15, 0.2) is 42.5 Å². The molecule has 1 aliphatic rings. The molecule has 1 atom stereocenters. The Bertz CT molecular complexity index is 960. The number of amides is 1. The van der Waals surface area contributed by atoms with Gasteiger partial charge in [-0.2, -0.15) is 0 Å². The monoisotopic (exact) mass is 439 g/mol. The minimum absolute atomic E-state index is 0. The van der Waals surface area contributed by atoms with Gasteiger partial charge in [-0.1, -0.05) is 12.1 Å². The van der Waals surface area contributed by atoms with Crippen molar-refractivity contribution in [3.8, 4) is 5.75 Å². The number of nitrogens with one attached hydrogen (secondary N) is 3. The maximum absolute atomic E-state index is 12.8. The molecule has 0 radical (unpaired) electrons. The summed E-state index contributed by atoms with van der Waals surface area (Å²) in [6.45, 7) is 1.97. The number of halogens is 1. The zero-order chi connectivity index (χ0) is 20.1. The fourth-order valence-corrected chi connectivity index (χ4v) is 3.93. The van der Waals surface area contributed by atoms with Gasteiger partial charge < -0.3 is 15.4 Å². The minimum atomic E-state index is -3.45. The van der Waals surface area contributed by atoms with Gasteiger partial charge in [0.1, 0.15) is 5.75 Å². The predicted molar refractivity (Wildman–Crippen MR) is 118 cm³/mol. The maximum atomic E-state index is 12.8. The van der Waals surface area contributed by atoms with Gasteiger partial charge in [0, 0.05) is 5.56 Å². The normalized spacial score (nSPS) is 16.0. The number of ether oxygens (including phenoxy) is 1. The first-order valence-corrected chi connectivity index (χ1v) is 11.0. The predicted octanol–water partition coefficient (Wildman–Crippen LogP) is 2.89. The number of carbonyl (C=O) groups is 1. The highest BCUT2D eigenvalue weighted by atomic mass is 35.5. The number of benzene rings is 2. The molecule has 1 unspecified atom stereocenters. The van der Waals surface area contributed by atoms with Crippen LogP contribution in [-0.4, -0.2) is 40.8 Å². The largest absolute Gasteiger partial charge is 0.496 e. The smallest absolute Gasteiger partial charge is 0.255 e. The van der Waals surface area contributed by atoms with Crippen molar-refractivity contribution in [2.75, 3.05) is 36.5 Å². The Morgan fingerprint density at radius 1 is 1.21 bits per heavy atom. The lowest BCUT2D eigenvalue weighted by Crippen LogP contribution is -2.16. The molecular formula is C20H26ClN3O4S. The molecule has 9 heteroatoms. The highest BCUT2D eigenvalue weighted by Gasteiger charge is 2.19. The molecule has 2 aromatic rings. The Morgan fingerprint density at radius 3 is 2.55 bits per heavy atom. The van der Waals surface area contributed by atoms with E-state index in [0.717, 1.165) is 43.5 Å². The molecule has 0 spiro atoms. The summed E-state index contributed by atoms with van der Waals surface area (Å²) in [5.41, 5.74) is 2.21. The van der Waals surface area contributed by atoms with Crippen LogP contribution in [0.3, 0.4) is 0 Å². The number of para-hydroxylation sites is 2. The molecule has 7 nitrogen and oxygen atoms in total. The molecule has 1 heterocycles. The first-order chi connectivity index (χ1) is 13.4. The van der Waals surface area contributed by atoms with E-state index in [4.69, 9.17) is 4.74 Å². The van der Waals surface area contributed by atoms with Gasteiger partial charge in [0.2, 0.25) is 10.0 Å². The van der Waals surface area contributed by atoms with E-state index in [9.17, 15) is 13.2 Å². The average molecular weight is 440 g/mol. The lowest BCUT2D eigenvalue weighted by molar-refractivity contribution is 0.102. The lowest BCUT2D eigenvalue weighted by atomic mass is 9.96. The van der Waals surface area contributed by atoms with Crippen molar-refractivity contribution >= 4 is 39.7 Å². The number of rotatable bonds is 7. The average Bonchev–Trinajstić information content (AvgIpc) is 3.15. The molecule has 0 aliphatic carbocycles. The molecule has 29 heavy (non-hydrogen) atoms. The van der Waals surface area contributed by atoms with Crippen LogP contribution < -0.4 is 20.1 Å². The van der Waals surface area contributed by atoms with Gasteiger partial charge in [0.25, 0.3) is 5.91 Å². The van der Waals surface area contributed by atoms with Crippen molar-refractivity contribution in [1.82, 2.24) is 5.32 Å². The van der Waals surface area contributed by atoms with E-state index in [1.54, 1.807) is 43.5 Å². The van der Waals surface area contributed by atoms with Gasteiger partial charge in [-0.05, 0) is 67.7 Å². The van der Waals surface area contributed by atoms with Crippen LogP contribution in [0.2, 0.25) is 0 Å². The molecule has 0 saturated carbocycles. The number of anilines is 2. The molecule has 1 aliphatic heterocycles. The molecule has 1 amide bonds. The summed E-state index contributed by atoms with van der Waals surface area (Å²) in [7, 11) is -1.83. The second-order valence-electron chi connectivity index (χ2n) is 6.96. The second kappa shape index (κ2) is 9.96. The van der Waals surface area contributed by atoms with E-state index in [1.165, 1.54) is 0 Å². The van der Waals surface area contributed by atoms with E-state index in [2.05, 4.69) is 15.4 Å². The molecule has 3 rings (SSSR count). The molecule has 1 saturated heterocycles. The fraction of sp³-hybridized carbons (Fsp3) is 0.350.